The normalized spacial score (nSPS) is 17.3. The van der Waals surface area contributed by atoms with Crippen LogP contribution in [0.4, 0.5) is 5.69 Å². The Bertz CT molecular complexity index is 585. The van der Waals surface area contributed by atoms with Gasteiger partial charge in [0.05, 0.1) is 5.69 Å². The summed E-state index contributed by atoms with van der Waals surface area (Å²) in [5.41, 5.74) is 6.53. The van der Waals surface area contributed by atoms with Gasteiger partial charge in [0.25, 0.3) is 5.91 Å². The van der Waals surface area contributed by atoms with E-state index in [9.17, 15) is 9.59 Å². The van der Waals surface area contributed by atoms with Gasteiger partial charge in [0.1, 0.15) is 11.8 Å². The third-order valence-electron chi connectivity index (χ3n) is 3.59. The van der Waals surface area contributed by atoms with E-state index in [1.54, 1.807) is 0 Å². The maximum atomic E-state index is 12.2. The number of nitrogens with zero attached hydrogens (tertiary/aromatic N) is 3. The van der Waals surface area contributed by atoms with Crippen molar-refractivity contribution in [2.45, 2.75) is 18.9 Å². The molecule has 2 rings (SSSR count). The van der Waals surface area contributed by atoms with E-state index in [4.69, 9.17) is 5.73 Å². The van der Waals surface area contributed by atoms with E-state index in [2.05, 4.69) is 15.3 Å². The highest BCUT2D eigenvalue weighted by molar-refractivity contribution is 6.40. The third kappa shape index (κ3) is 4.53. The van der Waals surface area contributed by atoms with Crippen LogP contribution in [0.25, 0.3) is 0 Å². The zero-order valence-electron chi connectivity index (χ0n) is 13.5. The van der Waals surface area contributed by atoms with Gasteiger partial charge in [0, 0.05) is 13.0 Å². The quantitative estimate of drug-likeness (QED) is 0.702. The number of primary amides is 1. The first-order valence-electron chi connectivity index (χ1n) is 7.63. The second-order valence-corrected chi connectivity index (χ2v) is 5.76. The first kappa shape index (κ1) is 17.0. The maximum Gasteiger partial charge on any atom is 0.267 e. The molecule has 1 aliphatic rings. The largest absolute Gasteiger partial charge is 0.368 e. The van der Waals surface area contributed by atoms with Gasteiger partial charge in [-0.25, -0.2) is 0 Å². The number of nitrogens with two attached hydrogens (primary N) is 1. The van der Waals surface area contributed by atoms with Crippen molar-refractivity contribution in [2.75, 3.05) is 32.2 Å². The van der Waals surface area contributed by atoms with Gasteiger partial charge in [-0.15, -0.1) is 0 Å². The Labute approximate surface area is 136 Å². The maximum absolute atomic E-state index is 12.2. The first-order valence-corrected chi connectivity index (χ1v) is 7.63. The summed E-state index contributed by atoms with van der Waals surface area (Å²) in [6.45, 7) is 1.47. The number of para-hydroxylation sites is 1. The second kappa shape index (κ2) is 7.73. The minimum atomic E-state index is -0.625. The average Bonchev–Trinajstić information content (AvgIpc) is 2.97. The summed E-state index contributed by atoms with van der Waals surface area (Å²) in [5, 5.41) is 8.66. The molecule has 0 saturated heterocycles. The van der Waals surface area contributed by atoms with Gasteiger partial charge >= 0.3 is 0 Å². The van der Waals surface area contributed by atoms with Crippen LogP contribution in [0.3, 0.4) is 0 Å². The van der Waals surface area contributed by atoms with Gasteiger partial charge in [-0.2, -0.15) is 5.10 Å². The summed E-state index contributed by atoms with van der Waals surface area (Å²) in [7, 11) is 3.97. The summed E-state index contributed by atoms with van der Waals surface area (Å²) < 4.78 is 0. The molecule has 0 bridgehead atoms. The summed E-state index contributed by atoms with van der Waals surface area (Å²) in [6, 6.07) is 8.61. The summed E-state index contributed by atoms with van der Waals surface area (Å²) in [6.07, 6.45) is 1.08. The third-order valence-corrected chi connectivity index (χ3v) is 3.59. The highest BCUT2D eigenvalue weighted by atomic mass is 16.2. The Morgan fingerprint density at radius 2 is 2.04 bits per heavy atom. The number of anilines is 1. The fraction of sp³-hybridized carbons (Fsp3) is 0.438. The molecule has 7 nitrogen and oxygen atoms in total. The van der Waals surface area contributed by atoms with Crippen LogP contribution in [0.15, 0.2) is 35.4 Å². The Kier molecular flexibility index (Phi) is 5.70. The van der Waals surface area contributed by atoms with E-state index < -0.39 is 11.9 Å². The highest BCUT2D eigenvalue weighted by Crippen LogP contribution is 2.24. The van der Waals surface area contributed by atoms with E-state index in [0.717, 1.165) is 18.7 Å². The molecule has 0 aromatic heterocycles. The average molecular weight is 317 g/mol. The number of carbonyl (C=O) groups is 2. The molecule has 0 radical (unpaired) electrons. The van der Waals surface area contributed by atoms with Crippen molar-refractivity contribution < 1.29 is 9.59 Å². The molecule has 124 valence electrons. The molecule has 3 N–H and O–H groups in total. The lowest BCUT2D eigenvalue weighted by Gasteiger charge is -2.20. The van der Waals surface area contributed by atoms with Crippen molar-refractivity contribution in [1.29, 1.82) is 0 Å². The minimum absolute atomic E-state index is 0.226. The van der Waals surface area contributed by atoms with Crippen LogP contribution >= 0.6 is 0 Å². The van der Waals surface area contributed by atoms with E-state index in [1.165, 1.54) is 5.01 Å². The van der Waals surface area contributed by atoms with Crippen LogP contribution in [0.2, 0.25) is 0 Å². The number of hydrazone groups is 1. The van der Waals surface area contributed by atoms with Crippen LogP contribution in [0.1, 0.15) is 12.8 Å². The molecule has 2 amide bonds. The smallest absolute Gasteiger partial charge is 0.267 e. The fourth-order valence-corrected chi connectivity index (χ4v) is 2.39. The molecule has 1 aliphatic heterocycles. The van der Waals surface area contributed by atoms with Gasteiger partial charge in [0.15, 0.2) is 0 Å². The Morgan fingerprint density at radius 3 is 2.65 bits per heavy atom. The van der Waals surface area contributed by atoms with Crippen molar-refractivity contribution in [2.24, 2.45) is 10.8 Å². The number of rotatable bonds is 7. The van der Waals surface area contributed by atoms with Crippen LogP contribution in [0, 0.1) is 0 Å². The molecule has 1 aromatic carbocycles. The molecule has 0 spiro atoms. The van der Waals surface area contributed by atoms with Crippen LogP contribution in [-0.2, 0) is 9.59 Å². The standard InChI is InChI=1S/C16H23N5O2/c1-20(2)10-6-9-18-16(23)13-11-14(15(17)22)21(19-13)12-7-4-3-5-8-12/h3-5,7-8,14H,6,9-11H2,1-2H3,(H2,17,22)(H,18,23). The summed E-state index contributed by atoms with van der Waals surface area (Å²) in [4.78, 5) is 25.9. The molecule has 23 heavy (non-hydrogen) atoms. The summed E-state index contributed by atoms with van der Waals surface area (Å²) in [5.74, 6) is -0.735. The van der Waals surface area contributed by atoms with Gasteiger partial charge in [-0.1, -0.05) is 18.2 Å². The zero-order chi connectivity index (χ0) is 16.8. The number of amides is 2. The Hall–Kier alpha value is -2.41. The molecule has 1 aromatic rings. The van der Waals surface area contributed by atoms with Crippen LogP contribution in [0.5, 0.6) is 0 Å². The topological polar surface area (TPSA) is 91.0 Å². The van der Waals surface area contributed by atoms with E-state index in [1.807, 2.05) is 44.4 Å². The molecule has 1 unspecified atom stereocenters. The van der Waals surface area contributed by atoms with Crippen molar-refractivity contribution >= 4 is 23.2 Å². The van der Waals surface area contributed by atoms with Gasteiger partial charge in [-0.05, 0) is 39.2 Å². The van der Waals surface area contributed by atoms with Crippen molar-refractivity contribution in [1.82, 2.24) is 10.2 Å². The molecule has 0 saturated carbocycles. The number of hydrogen-bond acceptors (Lipinski definition) is 5. The predicted molar refractivity (Wildman–Crippen MR) is 90.1 cm³/mol. The zero-order valence-corrected chi connectivity index (χ0v) is 13.5. The lowest BCUT2D eigenvalue weighted by molar-refractivity contribution is -0.119. The van der Waals surface area contributed by atoms with E-state index in [-0.39, 0.29) is 12.3 Å². The van der Waals surface area contributed by atoms with E-state index >= 15 is 0 Å². The fourth-order valence-electron chi connectivity index (χ4n) is 2.39. The van der Waals surface area contributed by atoms with Crippen LogP contribution < -0.4 is 16.1 Å². The molecular weight excluding hydrogens is 294 g/mol. The second-order valence-electron chi connectivity index (χ2n) is 5.76. The number of carbonyl (C=O) groups excluding carboxylic acids is 2. The van der Waals surface area contributed by atoms with Gasteiger partial charge in [-0.3, -0.25) is 14.6 Å². The monoisotopic (exact) mass is 317 g/mol. The molecule has 1 heterocycles. The summed E-state index contributed by atoms with van der Waals surface area (Å²) >= 11 is 0. The number of nitrogens with one attached hydrogen (secondary N) is 1. The predicted octanol–water partition coefficient (Wildman–Crippen LogP) is 0.175. The molecule has 1 atom stereocenters. The molecule has 7 heteroatoms. The van der Waals surface area contributed by atoms with Crippen molar-refractivity contribution in [3.8, 4) is 0 Å². The number of hydrogen-bond donors (Lipinski definition) is 2. The lowest BCUT2D eigenvalue weighted by atomic mass is 10.1. The molecular formula is C16H23N5O2. The van der Waals surface area contributed by atoms with Gasteiger partial charge in [0.2, 0.25) is 5.91 Å². The highest BCUT2D eigenvalue weighted by Gasteiger charge is 2.34. The van der Waals surface area contributed by atoms with Crippen molar-refractivity contribution in [3.05, 3.63) is 30.3 Å². The molecule has 0 aliphatic carbocycles. The van der Waals surface area contributed by atoms with Crippen LogP contribution in [-0.4, -0.2) is 55.7 Å². The van der Waals surface area contributed by atoms with Crippen molar-refractivity contribution in [3.63, 3.8) is 0 Å². The Balaban J connectivity index is 2.02. The van der Waals surface area contributed by atoms with E-state index in [0.29, 0.717) is 12.3 Å². The minimum Gasteiger partial charge on any atom is -0.368 e. The van der Waals surface area contributed by atoms with Gasteiger partial charge < -0.3 is 16.0 Å². The number of benzene rings is 1. The lowest BCUT2D eigenvalue weighted by Crippen LogP contribution is -2.40. The molecule has 0 fully saturated rings. The SMILES string of the molecule is CN(C)CCCNC(=O)C1=NN(c2ccccc2)C(C(N)=O)C1. The Morgan fingerprint density at radius 1 is 1.35 bits per heavy atom. The first-order chi connectivity index (χ1) is 11.0.